The largest absolute Gasteiger partial charge is 0.324 e. The van der Waals surface area contributed by atoms with Gasteiger partial charge in [0.15, 0.2) is 0 Å². The van der Waals surface area contributed by atoms with Crippen LogP contribution in [-0.2, 0) is 19.9 Å². The first kappa shape index (κ1) is 21.0. The van der Waals surface area contributed by atoms with E-state index in [1.807, 2.05) is 26.0 Å². The van der Waals surface area contributed by atoms with Crippen LogP contribution in [0.25, 0.3) is 0 Å². The van der Waals surface area contributed by atoms with Crippen LogP contribution in [0.2, 0.25) is 0 Å². The molecule has 4 atom stereocenters. The number of carbonyl (C=O) groups excluding carboxylic acids is 3. The topological polar surface area (TPSA) is 113 Å². The lowest BCUT2D eigenvalue weighted by molar-refractivity contribution is -0.384. The monoisotopic (exact) mass is 460 g/mol. The fourth-order valence-electron chi connectivity index (χ4n) is 6.90. The van der Waals surface area contributed by atoms with Crippen LogP contribution in [0.3, 0.4) is 0 Å². The second kappa shape index (κ2) is 6.73. The second-order valence-corrected chi connectivity index (χ2v) is 9.87. The molecule has 2 aromatic carbocycles. The van der Waals surface area contributed by atoms with Gasteiger partial charge in [-0.1, -0.05) is 17.7 Å². The highest BCUT2D eigenvalue weighted by Crippen LogP contribution is 2.61. The third-order valence-corrected chi connectivity index (χ3v) is 8.08. The number of nitro benzene ring substituents is 1. The third kappa shape index (κ3) is 2.34. The van der Waals surface area contributed by atoms with E-state index in [2.05, 4.69) is 10.2 Å². The van der Waals surface area contributed by atoms with Gasteiger partial charge in [-0.15, -0.1) is 0 Å². The SMILES string of the molecule is Cc1cc(C)c2c(c1)[C@]1(C(=O)N2)[C@H]2C(=O)N(c3ccc([N+](=O)[O-])cc3C)C(=O)[C@@H]2[C@H]2CCCN21. The summed E-state index contributed by atoms with van der Waals surface area (Å²) in [5.74, 6) is -2.47. The van der Waals surface area contributed by atoms with Gasteiger partial charge in [-0.05, 0) is 57.4 Å². The summed E-state index contributed by atoms with van der Waals surface area (Å²) in [7, 11) is 0. The number of fused-ring (bicyclic) bond motifs is 7. The Balaban J connectivity index is 1.54. The molecular formula is C25H24N4O5. The van der Waals surface area contributed by atoms with E-state index >= 15 is 0 Å². The summed E-state index contributed by atoms with van der Waals surface area (Å²) < 4.78 is 0. The van der Waals surface area contributed by atoms with E-state index in [0.29, 0.717) is 17.8 Å². The van der Waals surface area contributed by atoms with Crippen LogP contribution in [0.5, 0.6) is 0 Å². The molecule has 4 heterocycles. The minimum atomic E-state index is -1.23. The first-order valence-corrected chi connectivity index (χ1v) is 11.5. The van der Waals surface area contributed by atoms with Crippen LogP contribution in [0.4, 0.5) is 17.1 Å². The summed E-state index contributed by atoms with van der Waals surface area (Å²) in [4.78, 5) is 55.6. The van der Waals surface area contributed by atoms with Crippen LogP contribution in [0.15, 0.2) is 30.3 Å². The number of rotatable bonds is 2. The standard InChI is InChI=1S/C25H24N4O5/c1-12-9-14(3)21-16(10-12)25(24(32)26-21)20-19(18-5-4-8-27(18)25)22(30)28(23(20)31)17-7-6-15(29(33)34)11-13(17)2/h6-7,9-11,18-20H,4-5,8H2,1-3H3,(H,26,32)/t18-,19-,20-,25-/m1/s1. The maximum Gasteiger partial charge on any atom is 0.269 e. The number of aryl methyl sites for hydroxylation is 3. The molecule has 0 aromatic heterocycles. The predicted molar refractivity (Wildman–Crippen MR) is 123 cm³/mol. The first-order chi connectivity index (χ1) is 16.2. The molecule has 1 spiro atoms. The average molecular weight is 460 g/mol. The van der Waals surface area contributed by atoms with Crippen molar-refractivity contribution in [2.24, 2.45) is 11.8 Å². The first-order valence-electron chi connectivity index (χ1n) is 11.5. The third-order valence-electron chi connectivity index (χ3n) is 8.08. The number of amides is 3. The van der Waals surface area contributed by atoms with Crippen LogP contribution in [0.1, 0.15) is 35.1 Å². The summed E-state index contributed by atoms with van der Waals surface area (Å²) in [6.07, 6.45) is 1.59. The van der Waals surface area contributed by atoms with Crippen LogP contribution in [0, 0.1) is 42.7 Å². The molecule has 9 nitrogen and oxygen atoms in total. The molecule has 0 radical (unpaired) electrons. The normalized spacial score (nSPS) is 29.6. The molecule has 9 heteroatoms. The number of anilines is 2. The van der Waals surface area contributed by atoms with E-state index in [-0.39, 0.29) is 23.5 Å². The van der Waals surface area contributed by atoms with Crippen molar-refractivity contribution < 1.29 is 19.3 Å². The molecule has 3 saturated heterocycles. The molecule has 0 bridgehead atoms. The zero-order chi connectivity index (χ0) is 24.1. The van der Waals surface area contributed by atoms with Crippen molar-refractivity contribution in [2.45, 2.75) is 45.2 Å². The fraction of sp³-hybridized carbons (Fsp3) is 0.400. The van der Waals surface area contributed by atoms with Gasteiger partial charge < -0.3 is 5.32 Å². The molecule has 2 aromatic rings. The van der Waals surface area contributed by atoms with Gasteiger partial charge in [0, 0.05) is 29.4 Å². The maximum absolute atomic E-state index is 14.1. The smallest absolute Gasteiger partial charge is 0.269 e. The van der Waals surface area contributed by atoms with E-state index in [1.165, 1.54) is 23.1 Å². The summed E-state index contributed by atoms with van der Waals surface area (Å²) in [6, 6.07) is 7.89. The van der Waals surface area contributed by atoms with Crippen LogP contribution in [-0.4, -0.2) is 40.1 Å². The van der Waals surface area contributed by atoms with E-state index in [1.54, 1.807) is 6.92 Å². The Kier molecular flexibility index (Phi) is 4.15. The molecule has 3 amide bonds. The lowest BCUT2D eigenvalue weighted by atomic mass is 9.75. The molecule has 4 aliphatic rings. The van der Waals surface area contributed by atoms with Crippen molar-refractivity contribution in [1.82, 2.24) is 4.90 Å². The molecule has 34 heavy (non-hydrogen) atoms. The quantitative estimate of drug-likeness (QED) is 0.419. The van der Waals surface area contributed by atoms with Crippen molar-refractivity contribution in [1.29, 1.82) is 0 Å². The molecule has 174 valence electrons. The van der Waals surface area contributed by atoms with E-state index in [9.17, 15) is 24.5 Å². The van der Waals surface area contributed by atoms with Gasteiger partial charge in [0.05, 0.1) is 22.4 Å². The second-order valence-electron chi connectivity index (χ2n) is 9.87. The van der Waals surface area contributed by atoms with Gasteiger partial charge >= 0.3 is 0 Å². The van der Waals surface area contributed by atoms with Gasteiger partial charge in [0.25, 0.3) is 5.69 Å². The molecule has 0 unspecified atom stereocenters. The molecule has 4 aliphatic heterocycles. The number of carbonyl (C=O) groups is 3. The molecule has 1 N–H and O–H groups in total. The summed E-state index contributed by atoms with van der Waals surface area (Å²) in [6.45, 7) is 6.20. The Bertz CT molecular complexity index is 1340. The number of non-ortho nitro benzene ring substituents is 1. The molecule has 0 aliphatic carbocycles. The summed E-state index contributed by atoms with van der Waals surface area (Å²) in [5.41, 5.74) is 2.91. The highest BCUT2D eigenvalue weighted by Gasteiger charge is 2.74. The van der Waals surface area contributed by atoms with E-state index in [4.69, 9.17) is 0 Å². The van der Waals surface area contributed by atoms with Gasteiger partial charge in [-0.25, -0.2) is 4.90 Å². The minimum Gasteiger partial charge on any atom is -0.324 e. The highest BCUT2D eigenvalue weighted by molar-refractivity contribution is 6.26. The van der Waals surface area contributed by atoms with Gasteiger partial charge in [-0.2, -0.15) is 0 Å². The average Bonchev–Trinajstić information content (AvgIpc) is 3.48. The number of imide groups is 1. The van der Waals surface area contributed by atoms with Crippen molar-refractivity contribution >= 4 is 34.8 Å². The van der Waals surface area contributed by atoms with Crippen molar-refractivity contribution in [3.8, 4) is 0 Å². The summed E-state index contributed by atoms with van der Waals surface area (Å²) in [5, 5.41) is 14.2. The predicted octanol–water partition coefficient (Wildman–Crippen LogP) is 2.95. The maximum atomic E-state index is 14.1. The Morgan fingerprint density at radius 3 is 2.53 bits per heavy atom. The molecular weight excluding hydrogens is 436 g/mol. The molecule has 3 fully saturated rings. The van der Waals surface area contributed by atoms with Crippen molar-refractivity contribution in [2.75, 3.05) is 16.8 Å². The zero-order valence-corrected chi connectivity index (χ0v) is 19.1. The minimum absolute atomic E-state index is 0.103. The molecule has 6 rings (SSSR count). The lowest BCUT2D eigenvalue weighted by Gasteiger charge is -2.37. The summed E-state index contributed by atoms with van der Waals surface area (Å²) >= 11 is 0. The van der Waals surface area contributed by atoms with Crippen LogP contribution >= 0.6 is 0 Å². The number of nitrogens with zero attached hydrogens (tertiary/aromatic N) is 3. The van der Waals surface area contributed by atoms with Gasteiger partial charge in [0.2, 0.25) is 17.7 Å². The van der Waals surface area contributed by atoms with Crippen LogP contribution < -0.4 is 10.2 Å². The fourth-order valence-corrected chi connectivity index (χ4v) is 6.90. The van der Waals surface area contributed by atoms with E-state index in [0.717, 1.165) is 35.2 Å². The lowest BCUT2D eigenvalue weighted by Crippen LogP contribution is -2.54. The number of nitro groups is 1. The van der Waals surface area contributed by atoms with Gasteiger partial charge in [0.1, 0.15) is 5.54 Å². The van der Waals surface area contributed by atoms with E-state index < -0.39 is 28.2 Å². The highest BCUT2D eigenvalue weighted by atomic mass is 16.6. The zero-order valence-electron chi connectivity index (χ0n) is 19.1. The number of hydrogen-bond donors (Lipinski definition) is 1. The van der Waals surface area contributed by atoms with Crippen molar-refractivity contribution in [3.63, 3.8) is 0 Å². The number of benzene rings is 2. The Morgan fingerprint density at radius 1 is 1.06 bits per heavy atom. The number of nitrogens with one attached hydrogen (secondary N) is 1. The Hall–Kier alpha value is -3.59. The number of hydrogen-bond acceptors (Lipinski definition) is 6. The van der Waals surface area contributed by atoms with Gasteiger partial charge in [-0.3, -0.25) is 29.4 Å². The Labute approximate surface area is 195 Å². The Morgan fingerprint density at radius 2 is 1.82 bits per heavy atom. The molecule has 0 saturated carbocycles. The van der Waals surface area contributed by atoms with Crippen molar-refractivity contribution in [3.05, 3.63) is 62.7 Å².